The van der Waals surface area contributed by atoms with Gasteiger partial charge in [-0.1, -0.05) is 18.2 Å². The zero-order valence-electron chi connectivity index (χ0n) is 14.2. The number of hydrogen-bond acceptors (Lipinski definition) is 4. The van der Waals surface area contributed by atoms with Crippen LogP contribution in [0.1, 0.15) is 22.8 Å². The molecule has 0 aliphatic carbocycles. The summed E-state index contributed by atoms with van der Waals surface area (Å²) in [7, 11) is -4.05. The molecule has 2 aromatic rings. The predicted molar refractivity (Wildman–Crippen MR) is 91.6 cm³/mol. The summed E-state index contributed by atoms with van der Waals surface area (Å²) in [6.45, 7) is 2.18. The maximum absolute atomic E-state index is 12.3. The molecule has 0 atom stereocenters. The Morgan fingerprint density at radius 3 is 2.37 bits per heavy atom. The number of carbonyl (C=O) groups is 1. The van der Waals surface area contributed by atoms with Gasteiger partial charge in [0, 0.05) is 24.7 Å². The molecule has 0 spiro atoms. The van der Waals surface area contributed by atoms with Crippen molar-refractivity contribution < 1.29 is 31.1 Å². The van der Waals surface area contributed by atoms with Crippen molar-refractivity contribution in [2.75, 3.05) is 6.54 Å². The SMILES string of the molecule is CCNC(=O)c1ccc(CNS(=O)(=O)c2cccc(OC(F)(F)F)c2)cc1. The Morgan fingerprint density at radius 1 is 1.11 bits per heavy atom. The van der Waals surface area contributed by atoms with Gasteiger partial charge in [0.15, 0.2) is 0 Å². The van der Waals surface area contributed by atoms with E-state index in [1.54, 1.807) is 31.2 Å². The van der Waals surface area contributed by atoms with Crippen molar-refractivity contribution >= 4 is 15.9 Å². The van der Waals surface area contributed by atoms with Gasteiger partial charge >= 0.3 is 6.36 Å². The second-order valence-electron chi connectivity index (χ2n) is 5.40. The van der Waals surface area contributed by atoms with Gasteiger partial charge < -0.3 is 10.1 Å². The summed E-state index contributed by atoms with van der Waals surface area (Å²) in [6, 6.07) is 10.4. The molecule has 0 saturated carbocycles. The zero-order valence-corrected chi connectivity index (χ0v) is 15.0. The summed E-state index contributed by atoms with van der Waals surface area (Å²) < 4.78 is 67.3. The third-order valence-electron chi connectivity index (χ3n) is 3.37. The minimum atomic E-state index is -4.92. The van der Waals surface area contributed by atoms with Crippen LogP contribution in [0, 0.1) is 0 Å². The summed E-state index contributed by atoms with van der Waals surface area (Å²) in [5, 5.41) is 2.64. The molecule has 2 N–H and O–H groups in total. The van der Waals surface area contributed by atoms with Crippen molar-refractivity contribution in [3.63, 3.8) is 0 Å². The molecular weight excluding hydrogens is 385 g/mol. The number of hydrogen-bond donors (Lipinski definition) is 2. The summed E-state index contributed by atoms with van der Waals surface area (Å²) >= 11 is 0. The molecule has 10 heteroatoms. The molecule has 0 unspecified atom stereocenters. The monoisotopic (exact) mass is 402 g/mol. The van der Waals surface area contributed by atoms with Crippen LogP contribution in [0.3, 0.4) is 0 Å². The van der Waals surface area contributed by atoms with E-state index >= 15 is 0 Å². The predicted octanol–water partition coefficient (Wildman–Crippen LogP) is 2.81. The fourth-order valence-electron chi connectivity index (χ4n) is 2.14. The Labute approximate surface area is 154 Å². The van der Waals surface area contributed by atoms with Gasteiger partial charge in [-0.2, -0.15) is 0 Å². The number of carbonyl (C=O) groups excluding carboxylic acids is 1. The lowest BCUT2D eigenvalue weighted by Crippen LogP contribution is -2.24. The quantitative estimate of drug-likeness (QED) is 0.746. The summed E-state index contributed by atoms with van der Waals surface area (Å²) in [5.74, 6) is -0.872. The highest BCUT2D eigenvalue weighted by atomic mass is 32.2. The third kappa shape index (κ3) is 6.26. The van der Waals surface area contributed by atoms with Crippen molar-refractivity contribution in [1.29, 1.82) is 0 Å². The van der Waals surface area contributed by atoms with Crippen LogP contribution < -0.4 is 14.8 Å². The van der Waals surface area contributed by atoms with Crippen LogP contribution in [0.5, 0.6) is 5.75 Å². The third-order valence-corrected chi connectivity index (χ3v) is 4.77. The minimum absolute atomic E-state index is 0.0949. The Hall–Kier alpha value is -2.59. The molecular formula is C17H17F3N2O4S. The molecule has 2 aromatic carbocycles. The van der Waals surface area contributed by atoms with Crippen LogP contribution in [-0.4, -0.2) is 27.2 Å². The van der Waals surface area contributed by atoms with Crippen LogP contribution in [0.2, 0.25) is 0 Å². The van der Waals surface area contributed by atoms with E-state index in [-0.39, 0.29) is 17.3 Å². The molecule has 0 heterocycles. The van der Waals surface area contributed by atoms with Crippen molar-refractivity contribution in [2.24, 2.45) is 0 Å². The van der Waals surface area contributed by atoms with E-state index in [0.29, 0.717) is 17.7 Å². The highest BCUT2D eigenvalue weighted by Gasteiger charge is 2.31. The number of ether oxygens (including phenoxy) is 1. The first-order chi connectivity index (χ1) is 12.6. The van der Waals surface area contributed by atoms with Gasteiger partial charge in [-0.05, 0) is 36.8 Å². The molecule has 146 valence electrons. The molecule has 27 heavy (non-hydrogen) atoms. The lowest BCUT2D eigenvalue weighted by atomic mass is 10.1. The largest absolute Gasteiger partial charge is 0.573 e. The van der Waals surface area contributed by atoms with Crippen molar-refractivity contribution in [3.8, 4) is 5.75 Å². The highest BCUT2D eigenvalue weighted by Crippen LogP contribution is 2.24. The van der Waals surface area contributed by atoms with E-state index in [2.05, 4.69) is 14.8 Å². The van der Waals surface area contributed by atoms with Gasteiger partial charge in [0.2, 0.25) is 10.0 Å². The lowest BCUT2D eigenvalue weighted by Gasteiger charge is -2.11. The van der Waals surface area contributed by atoms with E-state index in [9.17, 15) is 26.4 Å². The minimum Gasteiger partial charge on any atom is -0.406 e. The number of alkyl halides is 3. The molecule has 0 aromatic heterocycles. The average Bonchev–Trinajstić information content (AvgIpc) is 2.59. The second kappa shape index (κ2) is 8.40. The Bertz CT molecular complexity index is 897. The number of halogens is 3. The van der Waals surface area contributed by atoms with E-state index in [4.69, 9.17) is 0 Å². The van der Waals surface area contributed by atoms with Gasteiger partial charge in [0.25, 0.3) is 5.91 Å². The molecule has 0 aliphatic heterocycles. The maximum Gasteiger partial charge on any atom is 0.573 e. The number of nitrogens with one attached hydrogen (secondary N) is 2. The van der Waals surface area contributed by atoms with Crippen LogP contribution in [0.25, 0.3) is 0 Å². The average molecular weight is 402 g/mol. The number of benzene rings is 2. The van der Waals surface area contributed by atoms with Gasteiger partial charge in [-0.15, -0.1) is 13.2 Å². The fourth-order valence-corrected chi connectivity index (χ4v) is 3.19. The first-order valence-electron chi connectivity index (χ1n) is 7.83. The maximum atomic E-state index is 12.3. The molecule has 0 fully saturated rings. The zero-order chi connectivity index (χ0) is 20.1. The van der Waals surface area contributed by atoms with Crippen LogP contribution >= 0.6 is 0 Å². The Kier molecular flexibility index (Phi) is 6.45. The molecule has 6 nitrogen and oxygen atoms in total. The van der Waals surface area contributed by atoms with Gasteiger partial charge in [-0.25, -0.2) is 13.1 Å². The summed E-state index contributed by atoms with van der Waals surface area (Å²) in [5.41, 5.74) is 1.01. The normalized spacial score (nSPS) is 11.9. The van der Waals surface area contributed by atoms with E-state index in [0.717, 1.165) is 24.3 Å². The molecule has 0 radical (unpaired) electrons. The molecule has 2 rings (SSSR count). The lowest BCUT2D eigenvalue weighted by molar-refractivity contribution is -0.274. The molecule has 1 amide bonds. The van der Waals surface area contributed by atoms with Crippen LogP contribution in [0.4, 0.5) is 13.2 Å². The van der Waals surface area contributed by atoms with E-state index in [1.165, 1.54) is 0 Å². The van der Waals surface area contributed by atoms with Gasteiger partial charge in [0.05, 0.1) is 4.90 Å². The topological polar surface area (TPSA) is 84.5 Å². The van der Waals surface area contributed by atoms with Crippen molar-refractivity contribution in [2.45, 2.75) is 24.7 Å². The second-order valence-corrected chi connectivity index (χ2v) is 7.17. The summed E-state index contributed by atoms with van der Waals surface area (Å²) in [6.07, 6.45) is -4.92. The smallest absolute Gasteiger partial charge is 0.406 e. The standard InChI is InChI=1S/C17H17F3N2O4S/c1-2-21-16(23)13-8-6-12(7-9-13)11-22-27(24,25)15-5-3-4-14(10-15)26-17(18,19)20/h3-10,22H,2,11H2,1H3,(H,21,23). The van der Waals surface area contributed by atoms with E-state index < -0.39 is 22.1 Å². The van der Waals surface area contributed by atoms with Crippen molar-refractivity contribution in [1.82, 2.24) is 10.0 Å². The number of rotatable bonds is 7. The summed E-state index contributed by atoms with van der Waals surface area (Å²) in [4.78, 5) is 11.3. The highest BCUT2D eigenvalue weighted by molar-refractivity contribution is 7.89. The molecule has 0 bridgehead atoms. The van der Waals surface area contributed by atoms with Crippen LogP contribution in [-0.2, 0) is 16.6 Å². The number of amides is 1. The first-order valence-corrected chi connectivity index (χ1v) is 9.31. The Morgan fingerprint density at radius 2 is 1.78 bits per heavy atom. The Balaban J connectivity index is 2.06. The van der Waals surface area contributed by atoms with Gasteiger partial charge in [-0.3, -0.25) is 4.79 Å². The van der Waals surface area contributed by atoms with Crippen LogP contribution in [0.15, 0.2) is 53.4 Å². The molecule has 0 saturated heterocycles. The fraction of sp³-hybridized carbons (Fsp3) is 0.235. The first kappa shape index (κ1) is 20.7. The van der Waals surface area contributed by atoms with E-state index in [1.807, 2.05) is 0 Å². The van der Waals surface area contributed by atoms with Crippen molar-refractivity contribution in [3.05, 3.63) is 59.7 Å². The van der Waals surface area contributed by atoms with Gasteiger partial charge in [0.1, 0.15) is 5.75 Å². The molecule has 0 aliphatic rings. The number of sulfonamides is 1.